The first-order valence-electron chi connectivity index (χ1n) is 5.69. The third kappa shape index (κ3) is 2.70. The van der Waals surface area contributed by atoms with Crippen molar-refractivity contribution in [1.82, 2.24) is 0 Å². The van der Waals surface area contributed by atoms with E-state index in [0.29, 0.717) is 11.3 Å². The Morgan fingerprint density at radius 3 is 2.08 bits per heavy atom. The average Bonchev–Trinajstić information content (AvgIpc) is 2.70. The molecule has 0 amide bonds. The van der Waals surface area contributed by atoms with Crippen LogP contribution >= 0.6 is 0 Å². The fraction of sp³-hybridized carbons (Fsp3) is 1.00. The lowest BCUT2D eigenvalue weighted by atomic mass is 9.92. The maximum atomic E-state index is 9.96. The summed E-state index contributed by atoms with van der Waals surface area (Å²) in [7, 11) is 0. The second-order valence-corrected chi connectivity index (χ2v) is 5.28. The van der Waals surface area contributed by atoms with Gasteiger partial charge in [-0.15, -0.1) is 0 Å². The fourth-order valence-electron chi connectivity index (χ4n) is 2.29. The van der Waals surface area contributed by atoms with Crippen LogP contribution in [0.4, 0.5) is 0 Å². The summed E-state index contributed by atoms with van der Waals surface area (Å²) in [6, 6.07) is 0. The highest BCUT2D eigenvalue weighted by atomic mass is 16.3. The van der Waals surface area contributed by atoms with Crippen LogP contribution in [0.5, 0.6) is 0 Å². The van der Waals surface area contributed by atoms with Crippen molar-refractivity contribution >= 4 is 0 Å². The fourth-order valence-corrected chi connectivity index (χ4v) is 2.29. The van der Waals surface area contributed by atoms with Crippen molar-refractivity contribution in [3.05, 3.63) is 0 Å². The molecule has 13 heavy (non-hydrogen) atoms. The van der Waals surface area contributed by atoms with E-state index in [0.717, 1.165) is 12.3 Å². The van der Waals surface area contributed by atoms with Crippen molar-refractivity contribution < 1.29 is 5.11 Å². The van der Waals surface area contributed by atoms with E-state index in [4.69, 9.17) is 0 Å². The Morgan fingerprint density at radius 1 is 1.31 bits per heavy atom. The van der Waals surface area contributed by atoms with Crippen molar-refractivity contribution in [3.8, 4) is 0 Å². The highest BCUT2D eigenvalue weighted by Crippen LogP contribution is 2.54. The van der Waals surface area contributed by atoms with Crippen LogP contribution in [0.3, 0.4) is 0 Å². The second kappa shape index (κ2) is 4.00. The molecule has 0 aromatic carbocycles. The summed E-state index contributed by atoms with van der Waals surface area (Å²) in [6.07, 6.45) is 4.61. The van der Waals surface area contributed by atoms with Crippen LogP contribution in [0.25, 0.3) is 0 Å². The number of hydrogen-bond acceptors (Lipinski definition) is 1. The van der Waals surface area contributed by atoms with Gasteiger partial charge in [0.15, 0.2) is 0 Å². The normalized spacial score (nSPS) is 27.7. The first kappa shape index (κ1) is 11.0. The molecule has 0 heterocycles. The van der Waals surface area contributed by atoms with Gasteiger partial charge in [-0.05, 0) is 30.1 Å². The van der Waals surface area contributed by atoms with Crippen LogP contribution in [0.1, 0.15) is 53.4 Å². The molecule has 78 valence electrons. The van der Waals surface area contributed by atoms with Crippen molar-refractivity contribution in [1.29, 1.82) is 0 Å². The summed E-state index contributed by atoms with van der Waals surface area (Å²) in [4.78, 5) is 0. The molecule has 1 heteroatoms. The van der Waals surface area contributed by atoms with E-state index in [1.807, 2.05) is 0 Å². The predicted octanol–water partition coefficient (Wildman–Crippen LogP) is 3.22. The molecule has 0 aliphatic heterocycles. The Labute approximate surface area is 82.5 Å². The molecule has 1 fully saturated rings. The summed E-state index contributed by atoms with van der Waals surface area (Å²) >= 11 is 0. The minimum Gasteiger partial charge on any atom is -0.393 e. The van der Waals surface area contributed by atoms with Crippen LogP contribution in [0.2, 0.25) is 0 Å². The van der Waals surface area contributed by atoms with Crippen LogP contribution < -0.4 is 0 Å². The molecule has 0 spiro atoms. The van der Waals surface area contributed by atoms with Crippen LogP contribution in [0.15, 0.2) is 0 Å². The molecule has 0 aromatic heterocycles. The van der Waals surface area contributed by atoms with Crippen molar-refractivity contribution in [2.24, 2.45) is 17.3 Å². The number of hydrogen-bond donors (Lipinski definition) is 1. The molecule has 1 N–H and O–H groups in total. The van der Waals surface area contributed by atoms with Gasteiger partial charge in [0.25, 0.3) is 0 Å². The van der Waals surface area contributed by atoms with E-state index in [-0.39, 0.29) is 6.10 Å². The lowest BCUT2D eigenvalue weighted by Crippen LogP contribution is -2.17. The third-order valence-electron chi connectivity index (χ3n) is 3.78. The van der Waals surface area contributed by atoms with Gasteiger partial charge in [-0.3, -0.25) is 0 Å². The van der Waals surface area contributed by atoms with Gasteiger partial charge in [-0.25, -0.2) is 0 Å². The highest BCUT2D eigenvalue weighted by Gasteiger charge is 2.49. The molecule has 1 aliphatic carbocycles. The van der Waals surface area contributed by atoms with E-state index < -0.39 is 0 Å². The van der Waals surface area contributed by atoms with Gasteiger partial charge in [0.1, 0.15) is 0 Å². The number of rotatable bonds is 5. The lowest BCUT2D eigenvalue weighted by Gasteiger charge is -2.18. The maximum Gasteiger partial charge on any atom is 0.0576 e. The largest absolute Gasteiger partial charge is 0.393 e. The van der Waals surface area contributed by atoms with Crippen LogP contribution in [-0.2, 0) is 0 Å². The van der Waals surface area contributed by atoms with E-state index in [1.54, 1.807) is 0 Å². The second-order valence-electron chi connectivity index (χ2n) is 5.28. The molecular weight excluding hydrogens is 160 g/mol. The smallest absolute Gasteiger partial charge is 0.0576 e. The zero-order valence-electron chi connectivity index (χ0n) is 9.51. The standard InChI is InChI=1S/C12H24O/c1-5-9(6-2)7-11(13)10-8-12(10,3)4/h9-11,13H,5-8H2,1-4H3. The van der Waals surface area contributed by atoms with E-state index in [2.05, 4.69) is 27.7 Å². The van der Waals surface area contributed by atoms with E-state index in [1.165, 1.54) is 19.3 Å². The maximum absolute atomic E-state index is 9.96. The minimum absolute atomic E-state index is 0.0418. The van der Waals surface area contributed by atoms with Crippen molar-refractivity contribution in [3.63, 3.8) is 0 Å². The highest BCUT2D eigenvalue weighted by molar-refractivity contribution is 4.99. The van der Waals surface area contributed by atoms with Gasteiger partial charge in [-0.1, -0.05) is 40.5 Å². The zero-order chi connectivity index (χ0) is 10.1. The van der Waals surface area contributed by atoms with Crippen LogP contribution in [-0.4, -0.2) is 11.2 Å². The van der Waals surface area contributed by atoms with Gasteiger partial charge in [0.05, 0.1) is 6.10 Å². The SMILES string of the molecule is CCC(CC)CC(O)C1CC1(C)C. The van der Waals surface area contributed by atoms with Gasteiger partial charge < -0.3 is 5.11 Å². The quantitative estimate of drug-likeness (QED) is 0.695. The number of aliphatic hydroxyl groups is 1. The Morgan fingerprint density at radius 2 is 1.77 bits per heavy atom. The molecule has 1 nitrogen and oxygen atoms in total. The summed E-state index contributed by atoms with van der Waals surface area (Å²) in [5, 5.41) is 9.96. The lowest BCUT2D eigenvalue weighted by molar-refractivity contribution is 0.106. The summed E-state index contributed by atoms with van der Waals surface area (Å²) in [6.45, 7) is 8.96. The molecule has 0 saturated heterocycles. The summed E-state index contributed by atoms with van der Waals surface area (Å²) in [5.74, 6) is 1.31. The molecule has 0 aromatic rings. The van der Waals surface area contributed by atoms with Gasteiger partial charge >= 0.3 is 0 Å². The molecule has 1 rings (SSSR count). The van der Waals surface area contributed by atoms with E-state index in [9.17, 15) is 5.11 Å². The first-order valence-corrected chi connectivity index (χ1v) is 5.69. The monoisotopic (exact) mass is 184 g/mol. The summed E-state index contributed by atoms with van der Waals surface area (Å²) < 4.78 is 0. The Balaban J connectivity index is 2.29. The van der Waals surface area contributed by atoms with Gasteiger partial charge in [0.2, 0.25) is 0 Å². The Bertz CT molecular complexity index is 159. The predicted molar refractivity (Wildman–Crippen MR) is 56.6 cm³/mol. The molecule has 0 radical (unpaired) electrons. The average molecular weight is 184 g/mol. The van der Waals surface area contributed by atoms with Gasteiger partial charge in [-0.2, -0.15) is 0 Å². The van der Waals surface area contributed by atoms with Crippen LogP contribution in [0, 0.1) is 17.3 Å². The topological polar surface area (TPSA) is 20.2 Å². The molecule has 2 atom stereocenters. The molecule has 0 bridgehead atoms. The Kier molecular flexibility index (Phi) is 3.39. The minimum atomic E-state index is -0.0418. The van der Waals surface area contributed by atoms with Gasteiger partial charge in [0, 0.05) is 0 Å². The molecule has 1 aliphatic rings. The Hall–Kier alpha value is -0.0400. The van der Waals surface area contributed by atoms with E-state index >= 15 is 0 Å². The van der Waals surface area contributed by atoms with Crippen molar-refractivity contribution in [2.45, 2.75) is 59.5 Å². The summed E-state index contributed by atoms with van der Waals surface area (Å²) in [5.41, 5.74) is 0.422. The number of aliphatic hydroxyl groups excluding tert-OH is 1. The third-order valence-corrected chi connectivity index (χ3v) is 3.78. The molecule has 2 unspecified atom stereocenters. The molecular formula is C12H24O. The zero-order valence-corrected chi connectivity index (χ0v) is 9.51. The first-order chi connectivity index (χ1) is 6.01. The molecule has 1 saturated carbocycles. The van der Waals surface area contributed by atoms with Crippen molar-refractivity contribution in [2.75, 3.05) is 0 Å².